The van der Waals surface area contributed by atoms with Gasteiger partial charge in [-0.15, -0.1) is 0 Å². The Hall–Kier alpha value is -3.00. The first-order valence-corrected chi connectivity index (χ1v) is 10.8. The van der Waals surface area contributed by atoms with E-state index in [-0.39, 0.29) is 47.7 Å². The Kier molecular flexibility index (Phi) is 7.45. The van der Waals surface area contributed by atoms with E-state index in [0.717, 1.165) is 5.56 Å². The molecule has 0 unspecified atom stereocenters. The quantitative estimate of drug-likeness (QED) is 0.742. The van der Waals surface area contributed by atoms with E-state index in [1.165, 1.54) is 12.1 Å². The molecule has 0 bridgehead atoms. The first kappa shape index (κ1) is 23.7. The lowest BCUT2D eigenvalue weighted by molar-refractivity contribution is -0.131. The molecule has 1 aromatic carbocycles. The third-order valence-corrected chi connectivity index (χ3v) is 5.88. The number of aliphatic hydroxyl groups excluding tert-OH is 1. The molecule has 3 atom stereocenters. The molecule has 2 heterocycles. The zero-order valence-corrected chi connectivity index (χ0v) is 18.9. The van der Waals surface area contributed by atoms with Crippen molar-refractivity contribution in [1.29, 1.82) is 0 Å². The number of aromatic nitrogens is 1. The molecule has 0 saturated heterocycles. The molecule has 1 aliphatic heterocycles. The van der Waals surface area contributed by atoms with Crippen LogP contribution in [0.5, 0.6) is 5.88 Å². The van der Waals surface area contributed by atoms with Crippen molar-refractivity contribution in [1.82, 2.24) is 14.8 Å². The molecule has 0 radical (unpaired) electrons. The van der Waals surface area contributed by atoms with Crippen molar-refractivity contribution >= 4 is 11.8 Å². The number of hydrogen-bond donors (Lipinski definition) is 1. The molecule has 2 amide bonds. The van der Waals surface area contributed by atoms with E-state index in [1.54, 1.807) is 55.1 Å². The Morgan fingerprint density at radius 1 is 1.34 bits per heavy atom. The van der Waals surface area contributed by atoms with Gasteiger partial charge in [-0.05, 0) is 30.7 Å². The van der Waals surface area contributed by atoms with Crippen LogP contribution in [0, 0.1) is 11.7 Å². The summed E-state index contributed by atoms with van der Waals surface area (Å²) in [5.74, 6) is -0.560. The second kappa shape index (κ2) is 10.1. The third kappa shape index (κ3) is 5.07. The lowest BCUT2D eigenvalue weighted by Gasteiger charge is -2.37. The number of amides is 2. The Bertz CT molecular complexity index is 966. The Balaban J connectivity index is 2.03. The molecule has 3 rings (SSSR count). The molecule has 1 N–H and O–H groups in total. The van der Waals surface area contributed by atoms with Gasteiger partial charge < -0.3 is 19.6 Å². The Morgan fingerprint density at radius 2 is 2.03 bits per heavy atom. The summed E-state index contributed by atoms with van der Waals surface area (Å²) in [5, 5.41) is 9.75. The van der Waals surface area contributed by atoms with E-state index < -0.39 is 6.04 Å². The van der Waals surface area contributed by atoms with Crippen molar-refractivity contribution in [3.8, 4) is 17.0 Å². The second-order valence-corrected chi connectivity index (χ2v) is 8.33. The van der Waals surface area contributed by atoms with Gasteiger partial charge in [0.1, 0.15) is 17.5 Å². The summed E-state index contributed by atoms with van der Waals surface area (Å²) >= 11 is 0. The Labute approximate surface area is 187 Å². The maximum atomic E-state index is 13.4. The highest BCUT2D eigenvalue weighted by Crippen LogP contribution is 2.30. The number of carbonyl (C=O) groups excluding carboxylic acids is 2. The molecular formula is C24H30FN3O4. The number of nitrogens with zero attached hydrogens (tertiary/aromatic N) is 3. The van der Waals surface area contributed by atoms with Crippen molar-refractivity contribution in [2.24, 2.45) is 5.92 Å². The van der Waals surface area contributed by atoms with Crippen molar-refractivity contribution in [2.75, 3.05) is 26.7 Å². The summed E-state index contributed by atoms with van der Waals surface area (Å²) < 4.78 is 19.5. The topological polar surface area (TPSA) is 83.0 Å². The molecule has 0 aliphatic carbocycles. The highest BCUT2D eigenvalue weighted by Gasteiger charge is 2.34. The summed E-state index contributed by atoms with van der Waals surface area (Å²) in [4.78, 5) is 33.2. The van der Waals surface area contributed by atoms with Crippen molar-refractivity contribution < 1.29 is 23.8 Å². The van der Waals surface area contributed by atoms with Crippen LogP contribution in [-0.2, 0) is 4.79 Å². The number of ether oxygens (including phenoxy) is 1. The van der Waals surface area contributed by atoms with Gasteiger partial charge in [0, 0.05) is 37.7 Å². The summed E-state index contributed by atoms with van der Waals surface area (Å²) in [6.45, 7) is 6.07. The molecule has 0 saturated carbocycles. The van der Waals surface area contributed by atoms with E-state index in [2.05, 4.69) is 4.98 Å². The fourth-order valence-electron chi connectivity index (χ4n) is 3.76. The van der Waals surface area contributed by atoms with Crippen LogP contribution in [0.1, 0.15) is 37.6 Å². The van der Waals surface area contributed by atoms with Crippen molar-refractivity contribution in [2.45, 2.75) is 39.3 Å². The molecule has 8 heteroatoms. The van der Waals surface area contributed by atoms with Gasteiger partial charge in [0.05, 0.1) is 19.2 Å². The monoisotopic (exact) mass is 443 g/mol. The van der Waals surface area contributed by atoms with Gasteiger partial charge in [0.15, 0.2) is 0 Å². The molecule has 1 aromatic heterocycles. The number of carbonyl (C=O) groups is 2. The third-order valence-electron chi connectivity index (χ3n) is 5.88. The number of rotatable bonds is 6. The number of hydrogen-bond acceptors (Lipinski definition) is 5. The number of benzene rings is 1. The fraction of sp³-hybridized carbons (Fsp3) is 0.458. The molecule has 172 valence electrons. The lowest BCUT2D eigenvalue weighted by Crippen LogP contribution is -2.50. The SMILES string of the molecule is CCC(=O)N(C)C[C@H]1Oc2ncc(-c3ccc(F)cc3)cc2C(=O)N([C@H](C)CO)C[C@@H]1C. The molecule has 7 nitrogen and oxygen atoms in total. The van der Waals surface area contributed by atoms with Crippen molar-refractivity contribution in [3.63, 3.8) is 0 Å². The predicted molar refractivity (Wildman–Crippen MR) is 119 cm³/mol. The van der Waals surface area contributed by atoms with Crippen molar-refractivity contribution in [3.05, 3.63) is 47.9 Å². The summed E-state index contributed by atoms with van der Waals surface area (Å²) in [7, 11) is 1.73. The maximum absolute atomic E-state index is 13.4. The number of halogens is 1. The van der Waals surface area contributed by atoms with Crippen LogP contribution in [0.3, 0.4) is 0 Å². The lowest BCUT2D eigenvalue weighted by atomic mass is 9.99. The number of likely N-dealkylation sites (N-methyl/N-ethyl adjacent to an activating group) is 1. The molecule has 1 aliphatic rings. The van der Waals surface area contributed by atoms with Crippen LogP contribution in [0.4, 0.5) is 4.39 Å². The second-order valence-electron chi connectivity index (χ2n) is 8.33. The smallest absolute Gasteiger partial charge is 0.259 e. The zero-order chi connectivity index (χ0) is 23.4. The van der Waals surface area contributed by atoms with Gasteiger partial charge in [-0.2, -0.15) is 0 Å². The van der Waals surface area contributed by atoms with E-state index in [4.69, 9.17) is 4.74 Å². The highest BCUT2D eigenvalue weighted by molar-refractivity contribution is 5.98. The van der Waals surface area contributed by atoms with Gasteiger partial charge in [0.25, 0.3) is 5.91 Å². The van der Waals surface area contributed by atoms with Crippen LogP contribution in [0.15, 0.2) is 36.5 Å². The molecule has 2 aromatic rings. The van der Waals surface area contributed by atoms with Gasteiger partial charge >= 0.3 is 0 Å². The van der Waals surface area contributed by atoms with Crippen LogP contribution in [0.2, 0.25) is 0 Å². The van der Waals surface area contributed by atoms with E-state index >= 15 is 0 Å². The fourth-order valence-corrected chi connectivity index (χ4v) is 3.76. The predicted octanol–water partition coefficient (Wildman–Crippen LogP) is 2.98. The molecular weight excluding hydrogens is 413 g/mol. The first-order chi connectivity index (χ1) is 15.2. The van der Waals surface area contributed by atoms with Crippen LogP contribution >= 0.6 is 0 Å². The number of pyridine rings is 1. The largest absolute Gasteiger partial charge is 0.472 e. The van der Waals surface area contributed by atoms with Crippen LogP contribution < -0.4 is 4.74 Å². The van der Waals surface area contributed by atoms with E-state index in [1.807, 2.05) is 6.92 Å². The van der Waals surface area contributed by atoms with Gasteiger partial charge in [-0.3, -0.25) is 9.59 Å². The molecule has 0 spiro atoms. The summed E-state index contributed by atoms with van der Waals surface area (Å²) in [6, 6.07) is 7.23. The van der Waals surface area contributed by atoms with Gasteiger partial charge in [-0.1, -0.05) is 26.0 Å². The van der Waals surface area contributed by atoms with E-state index in [9.17, 15) is 19.1 Å². The van der Waals surface area contributed by atoms with E-state index in [0.29, 0.717) is 25.1 Å². The number of aliphatic hydroxyl groups is 1. The minimum atomic E-state index is -0.402. The Morgan fingerprint density at radius 3 is 2.66 bits per heavy atom. The minimum Gasteiger partial charge on any atom is -0.472 e. The minimum absolute atomic E-state index is 0.000594. The number of fused-ring (bicyclic) bond motifs is 1. The molecule has 32 heavy (non-hydrogen) atoms. The zero-order valence-electron chi connectivity index (χ0n) is 18.9. The summed E-state index contributed by atoms with van der Waals surface area (Å²) in [5.41, 5.74) is 1.64. The molecule has 0 fully saturated rings. The first-order valence-electron chi connectivity index (χ1n) is 10.8. The normalized spacial score (nSPS) is 19.4. The highest BCUT2D eigenvalue weighted by atomic mass is 19.1. The standard InChI is InChI=1S/C24H30FN3O4/c1-5-22(30)27(4)13-21-15(2)12-28(16(3)14-29)24(31)20-10-18(11-26-23(20)32-21)17-6-8-19(25)9-7-17/h6-11,15-16,21,29H,5,12-14H2,1-4H3/t15-,16+,21+/m0/s1. The van der Waals surface area contributed by atoms with Crippen LogP contribution in [-0.4, -0.2) is 70.6 Å². The summed E-state index contributed by atoms with van der Waals surface area (Å²) in [6.07, 6.45) is 1.59. The van der Waals surface area contributed by atoms with Crippen LogP contribution in [0.25, 0.3) is 11.1 Å². The van der Waals surface area contributed by atoms with Gasteiger partial charge in [0.2, 0.25) is 11.8 Å². The maximum Gasteiger partial charge on any atom is 0.259 e. The van der Waals surface area contributed by atoms with Gasteiger partial charge in [-0.25, -0.2) is 9.37 Å². The average Bonchev–Trinajstić information content (AvgIpc) is 2.80. The average molecular weight is 444 g/mol.